The second-order valence-corrected chi connectivity index (χ2v) is 4.43. The van der Waals surface area contributed by atoms with Crippen molar-refractivity contribution in [3.63, 3.8) is 0 Å². The molecule has 0 spiro atoms. The van der Waals surface area contributed by atoms with Gasteiger partial charge in [-0.15, -0.1) is 0 Å². The lowest BCUT2D eigenvalue weighted by atomic mass is 9.98. The van der Waals surface area contributed by atoms with Gasteiger partial charge in [0, 0.05) is 26.0 Å². The maximum absolute atomic E-state index is 5.72. The molecule has 4 heteroatoms. The molecule has 2 rings (SSSR count). The molecule has 2 N–H and O–H groups in total. The molecule has 4 nitrogen and oxygen atoms in total. The monoisotopic (exact) mass is 208 g/mol. The Kier molecular flexibility index (Phi) is 3.38. The van der Waals surface area contributed by atoms with Crippen LogP contribution in [-0.2, 0) is 13.6 Å². The molecule has 0 bridgehead atoms. The van der Waals surface area contributed by atoms with E-state index in [1.54, 1.807) is 0 Å². The zero-order valence-corrected chi connectivity index (χ0v) is 9.39. The van der Waals surface area contributed by atoms with E-state index < -0.39 is 0 Å². The molecule has 1 unspecified atom stereocenters. The highest BCUT2D eigenvalue weighted by Gasteiger charge is 2.19. The molecule has 0 aliphatic carbocycles. The van der Waals surface area contributed by atoms with Gasteiger partial charge in [0.1, 0.15) is 5.82 Å². The lowest BCUT2D eigenvalue weighted by Gasteiger charge is -2.31. The molecule has 2 heterocycles. The summed E-state index contributed by atoms with van der Waals surface area (Å²) >= 11 is 0. The average molecular weight is 208 g/mol. The normalized spacial score (nSPS) is 23.2. The number of aryl methyl sites for hydroxylation is 1. The Labute approximate surface area is 91.1 Å². The maximum Gasteiger partial charge on any atom is 0.122 e. The minimum absolute atomic E-state index is 0.680. The standard InChI is InChI=1S/C11H20N4/c1-14-6-4-13-11(14)9-15-5-2-3-10(7-12)8-15/h4,6,10H,2-3,5,7-9,12H2,1H3. The zero-order chi connectivity index (χ0) is 10.7. The van der Waals surface area contributed by atoms with Crippen molar-refractivity contribution in [2.45, 2.75) is 19.4 Å². The number of aromatic nitrogens is 2. The Morgan fingerprint density at radius 3 is 3.13 bits per heavy atom. The number of rotatable bonds is 3. The summed E-state index contributed by atoms with van der Waals surface area (Å²) in [6.45, 7) is 4.09. The lowest BCUT2D eigenvalue weighted by molar-refractivity contribution is 0.166. The van der Waals surface area contributed by atoms with E-state index >= 15 is 0 Å². The van der Waals surface area contributed by atoms with Gasteiger partial charge in [0.15, 0.2) is 0 Å². The Morgan fingerprint density at radius 2 is 2.47 bits per heavy atom. The molecule has 1 aliphatic rings. The Bertz CT molecular complexity index is 307. The maximum atomic E-state index is 5.72. The molecule has 0 saturated carbocycles. The van der Waals surface area contributed by atoms with Gasteiger partial charge in [-0.3, -0.25) is 4.90 Å². The topological polar surface area (TPSA) is 47.1 Å². The van der Waals surface area contributed by atoms with Gasteiger partial charge in [0.2, 0.25) is 0 Å². The highest BCUT2D eigenvalue weighted by atomic mass is 15.2. The Balaban J connectivity index is 1.92. The summed E-state index contributed by atoms with van der Waals surface area (Å²) < 4.78 is 2.09. The zero-order valence-electron chi connectivity index (χ0n) is 9.39. The van der Waals surface area contributed by atoms with Crippen molar-refractivity contribution in [1.29, 1.82) is 0 Å². The highest BCUT2D eigenvalue weighted by Crippen LogP contribution is 2.16. The van der Waals surface area contributed by atoms with Crippen LogP contribution in [0.2, 0.25) is 0 Å². The number of hydrogen-bond acceptors (Lipinski definition) is 3. The minimum Gasteiger partial charge on any atom is -0.337 e. The highest BCUT2D eigenvalue weighted by molar-refractivity contribution is 4.91. The fourth-order valence-corrected chi connectivity index (χ4v) is 2.24. The van der Waals surface area contributed by atoms with Crippen molar-refractivity contribution >= 4 is 0 Å². The summed E-state index contributed by atoms with van der Waals surface area (Å²) in [4.78, 5) is 6.81. The van der Waals surface area contributed by atoms with Gasteiger partial charge in [-0.2, -0.15) is 0 Å². The number of piperidine rings is 1. The molecular formula is C11H20N4. The SMILES string of the molecule is Cn1ccnc1CN1CCCC(CN)C1. The van der Waals surface area contributed by atoms with Gasteiger partial charge in [-0.05, 0) is 31.8 Å². The predicted molar refractivity (Wildman–Crippen MR) is 60.3 cm³/mol. The van der Waals surface area contributed by atoms with Crippen molar-refractivity contribution in [3.05, 3.63) is 18.2 Å². The van der Waals surface area contributed by atoms with Crippen LogP contribution in [0, 0.1) is 5.92 Å². The van der Waals surface area contributed by atoms with E-state index in [0.717, 1.165) is 25.5 Å². The molecule has 1 aliphatic heterocycles. The van der Waals surface area contributed by atoms with Gasteiger partial charge in [0.25, 0.3) is 0 Å². The molecule has 1 atom stereocenters. The molecule has 1 saturated heterocycles. The molecule has 15 heavy (non-hydrogen) atoms. The van der Waals surface area contributed by atoms with Crippen LogP contribution < -0.4 is 5.73 Å². The van der Waals surface area contributed by atoms with Crippen LogP contribution in [-0.4, -0.2) is 34.1 Å². The molecule has 0 aromatic carbocycles. The van der Waals surface area contributed by atoms with E-state index in [2.05, 4.69) is 14.5 Å². The first kappa shape index (κ1) is 10.6. The fourth-order valence-electron chi connectivity index (χ4n) is 2.24. The van der Waals surface area contributed by atoms with Gasteiger partial charge in [-0.25, -0.2) is 4.98 Å². The summed E-state index contributed by atoms with van der Waals surface area (Å²) in [5, 5.41) is 0. The molecule has 0 radical (unpaired) electrons. The fraction of sp³-hybridized carbons (Fsp3) is 0.727. The van der Waals surface area contributed by atoms with Crippen LogP contribution in [0.1, 0.15) is 18.7 Å². The van der Waals surface area contributed by atoms with Gasteiger partial charge in [0.05, 0.1) is 6.54 Å². The third kappa shape index (κ3) is 2.58. The van der Waals surface area contributed by atoms with Crippen LogP contribution in [0.4, 0.5) is 0 Å². The average Bonchev–Trinajstić information content (AvgIpc) is 2.65. The van der Waals surface area contributed by atoms with Crippen LogP contribution in [0.25, 0.3) is 0 Å². The van der Waals surface area contributed by atoms with E-state index in [-0.39, 0.29) is 0 Å². The summed E-state index contributed by atoms with van der Waals surface area (Å²) in [6, 6.07) is 0. The largest absolute Gasteiger partial charge is 0.337 e. The van der Waals surface area contributed by atoms with E-state index in [1.807, 2.05) is 19.4 Å². The van der Waals surface area contributed by atoms with Crippen molar-refractivity contribution in [3.8, 4) is 0 Å². The lowest BCUT2D eigenvalue weighted by Crippen LogP contribution is -2.38. The van der Waals surface area contributed by atoms with Crippen LogP contribution in [0.15, 0.2) is 12.4 Å². The van der Waals surface area contributed by atoms with Gasteiger partial charge < -0.3 is 10.3 Å². The smallest absolute Gasteiger partial charge is 0.122 e. The number of nitrogens with zero attached hydrogens (tertiary/aromatic N) is 3. The molecule has 1 fully saturated rings. The molecule has 1 aromatic rings. The van der Waals surface area contributed by atoms with E-state index in [0.29, 0.717) is 5.92 Å². The van der Waals surface area contributed by atoms with Crippen molar-refractivity contribution < 1.29 is 0 Å². The van der Waals surface area contributed by atoms with Crippen molar-refractivity contribution in [2.24, 2.45) is 18.7 Å². The summed E-state index contributed by atoms with van der Waals surface area (Å²) in [7, 11) is 2.05. The Morgan fingerprint density at radius 1 is 1.60 bits per heavy atom. The van der Waals surface area contributed by atoms with E-state index in [1.165, 1.54) is 19.4 Å². The third-order valence-corrected chi connectivity index (χ3v) is 3.22. The summed E-state index contributed by atoms with van der Waals surface area (Å²) in [5.41, 5.74) is 5.72. The van der Waals surface area contributed by atoms with Gasteiger partial charge >= 0.3 is 0 Å². The molecular weight excluding hydrogens is 188 g/mol. The number of likely N-dealkylation sites (tertiary alicyclic amines) is 1. The first-order valence-corrected chi connectivity index (χ1v) is 5.68. The first-order valence-electron chi connectivity index (χ1n) is 5.68. The minimum atomic E-state index is 0.680. The number of imidazole rings is 1. The summed E-state index contributed by atoms with van der Waals surface area (Å²) in [6.07, 6.45) is 6.42. The number of nitrogens with two attached hydrogens (primary N) is 1. The first-order chi connectivity index (χ1) is 7.29. The number of hydrogen-bond donors (Lipinski definition) is 1. The second-order valence-electron chi connectivity index (χ2n) is 4.43. The molecule has 0 amide bonds. The quantitative estimate of drug-likeness (QED) is 0.791. The molecule has 84 valence electrons. The van der Waals surface area contributed by atoms with Crippen molar-refractivity contribution in [2.75, 3.05) is 19.6 Å². The van der Waals surface area contributed by atoms with Crippen molar-refractivity contribution in [1.82, 2.24) is 14.5 Å². The van der Waals surface area contributed by atoms with Gasteiger partial charge in [-0.1, -0.05) is 0 Å². The second kappa shape index (κ2) is 4.77. The van der Waals surface area contributed by atoms with Crippen LogP contribution >= 0.6 is 0 Å². The predicted octanol–water partition coefficient (Wildman–Crippen LogP) is 0.591. The van der Waals surface area contributed by atoms with E-state index in [4.69, 9.17) is 5.73 Å². The summed E-state index contributed by atoms with van der Waals surface area (Å²) in [5.74, 6) is 1.83. The van der Waals surface area contributed by atoms with Crippen LogP contribution in [0.5, 0.6) is 0 Å². The van der Waals surface area contributed by atoms with E-state index in [9.17, 15) is 0 Å². The third-order valence-electron chi connectivity index (χ3n) is 3.22. The van der Waals surface area contributed by atoms with Crippen LogP contribution in [0.3, 0.4) is 0 Å². The molecule has 1 aromatic heterocycles. The Hall–Kier alpha value is -0.870.